The van der Waals surface area contributed by atoms with E-state index in [1.807, 2.05) is 6.92 Å². The second-order valence-electron chi connectivity index (χ2n) is 4.60. The van der Waals surface area contributed by atoms with Gasteiger partial charge in [-0.15, -0.1) is 0 Å². The van der Waals surface area contributed by atoms with E-state index in [-0.39, 0.29) is 13.2 Å². The zero-order valence-electron chi connectivity index (χ0n) is 11.5. The van der Waals surface area contributed by atoms with Crippen molar-refractivity contribution in [2.24, 2.45) is 0 Å². The second kappa shape index (κ2) is 6.33. The van der Waals surface area contributed by atoms with Gasteiger partial charge >= 0.3 is 0 Å². The third kappa shape index (κ3) is 3.87. The van der Waals surface area contributed by atoms with Crippen molar-refractivity contribution in [3.8, 4) is 0 Å². The van der Waals surface area contributed by atoms with E-state index in [9.17, 15) is 12.8 Å². The summed E-state index contributed by atoms with van der Waals surface area (Å²) in [6.07, 6.45) is 3.44. The lowest BCUT2D eigenvalue weighted by atomic mass is 10.2. The summed E-state index contributed by atoms with van der Waals surface area (Å²) in [5.74, 6) is -0.852. The minimum absolute atomic E-state index is 0.0895. The number of sulfonamides is 1. The first-order valence-corrected chi connectivity index (χ1v) is 7.79. The van der Waals surface area contributed by atoms with E-state index < -0.39 is 20.7 Å². The van der Waals surface area contributed by atoms with E-state index in [0.29, 0.717) is 12.1 Å². The Balaban J connectivity index is 2.07. The first kappa shape index (κ1) is 15.6. The van der Waals surface area contributed by atoms with Crippen molar-refractivity contribution in [3.05, 3.63) is 47.5 Å². The maximum Gasteiger partial charge on any atom is 0.243 e. The molecule has 0 radical (unpaired) electrons. The molecule has 0 bridgehead atoms. The molecular weight excluding hydrogens is 297 g/mol. The number of benzene rings is 1. The van der Waals surface area contributed by atoms with Gasteiger partial charge in [-0.05, 0) is 30.2 Å². The van der Waals surface area contributed by atoms with Gasteiger partial charge in [0.2, 0.25) is 10.0 Å². The molecule has 2 aromatic rings. The minimum Gasteiger partial charge on any atom is -0.392 e. The van der Waals surface area contributed by atoms with E-state index in [0.717, 1.165) is 17.7 Å². The van der Waals surface area contributed by atoms with Gasteiger partial charge in [0.05, 0.1) is 19.3 Å². The van der Waals surface area contributed by atoms with E-state index in [2.05, 4.69) is 9.82 Å². The average molecular weight is 313 g/mol. The van der Waals surface area contributed by atoms with Gasteiger partial charge in [0.1, 0.15) is 10.7 Å². The van der Waals surface area contributed by atoms with Crippen molar-refractivity contribution in [3.63, 3.8) is 0 Å². The fourth-order valence-corrected chi connectivity index (χ4v) is 2.96. The van der Waals surface area contributed by atoms with Crippen molar-refractivity contribution in [1.82, 2.24) is 14.5 Å². The summed E-state index contributed by atoms with van der Waals surface area (Å²) in [6.45, 7) is 1.96. The Labute approximate surface area is 122 Å². The number of hydrogen-bond donors (Lipinski definition) is 2. The third-order valence-electron chi connectivity index (χ3n) is 2.86. The molecule has 1 aromatic carbocycles. The number of nitrogens with zero attached hydrogens (tertiary/aromatic N) is 2. The van der Waals surface area contributed by atoms with E-state index in [1.54, 1.807) is 17.1 Å². The normalized spacial score (nSPS) is 11.8. The highest BCUT2D eigenvalue weighted by Crippen LogP contribution is 2.16. The van der Waals surface area contributed by atoms with Gasteiger partial charge in [-0.25, -0.2) is 17.5 Å². The molecule has 0 aliphatic heterocycles. The zero-order chi connectivity index (χ0) is 15.5. The van der Waals surface area contributed by atoms with E-state index in [4.69, 9.17) is 5.11 Å². The van der Waals surface area contributed by atoms with Crippen LogP contribution in [0.15, 0.2) is 35.5 Å². The van der Waals surface area contributed by atoms with Gasteiger partial charge in [-0.2, -0.15) is 5.10 Å². The molecule has 0 spiro atoms. The quantitative estimate of drug-likeness (QED) is 0.826. The summed E-state index contributed by atoms with van der Waals surface area (Å²) in [7, 11) is -3.96. The maximum atomic E-state index is 13.6. The highest BCUT2D eigenvalue weighted by molar-refractivity contribution is 7.89. The van der Waals surface area contributed by atoms with Crippen molar-refractivity contribution >= 4 is 10.0 Å². The predicted molar refractivity (Wildman–Crippen MR) is 74.5 cm³/mol. The first-order valence-electron chi connectivity index (χ1n) is 6.30. The van der Waals surface area contributed by atoms with Crippen LogP contribution in [-0.2, 0) is 23.2 Å². The topological polar surface area (TPSA) is 84.2 Å². The van der Waals surface area contributed by atoms with Crippen molar-refractivity contribution in [1.29, 1.82) is 0 Å². The third-order valence-corrected chi connectivity index (χ3v) is 4.34. The maximum absolute atomic E-state index is 13.6. The smallest absolute Gasteiger partial charge is 0.243 e. The largest absolute Gasteiger partial charge is 0.392 e. The lowest BCUT2D eigenvalue weighted by molar-refractivity contribution is 0.281. The highest BCUT2D eigenvalue weighted by atomic mass is 32.2. The van der Waals surface area contributed by atoms with Crippen LogP contribution in [0.3, 0.4) is 0 Å². The molecule has 0 aliphatic rings. The molecule has 0 saturated carbocycles. The Morgan fingerprint density at radius 3 is 2.81 bits per heavy atom. The fourth-order valence-electron chi connectivity index (χ4n) is 1.81. The van der Waals surface area contributed by atoms with Crippen LogP contribution in [0.2, 0.25) is 0 Å². The van der Waals surface area contributed by atoms with Crippen LogP contribution < -0.4 is 4.72 Å². The number of rotatable bonds is 6. The molecule has 6 nitrogen and oxygen atoms in total. The zero-order valence-corrected chi connectivity index (χ0v) is 12.3. The molecule has 114 valence electrons. The summed E-state index contributed by atoms with van der Waals surface area (Å²) in [5.41, 5.74) is 1.30. The molecule has 1 aromatic heterocycles. The molecule has 0 fully saturated rings. The van der Waals surface area contributed by atoms with Crippen LogP contribution in [0.5, 0.6) is 0 Å². The predicted octanol–water partition coefficient (Wildman–Crippen LogP) is 0.801. The van der Waals surface area contributed by atoms with Crippen molar-refractivity contribution in [2.45, 2.75) is 25.0 Å². The van der Waals surface area contributed by atoms with Crippen LogP contribution in [0, 0.1) is 12.7 Å². The number of halogens is 1. The monoisotopic (exact) mass is 313 g/mol. The molecule has 0 atom stereocenters. The number of aliphatic hydroxyl groups excluding tert-OH is 1. The second-order valence-corrected chi connectivity index (χ2v) is 6.34. The molecule has 0 unspecified atom stereocenters. The average Bonchev–Trinajstić information content (AvgIpc) is 2.84. The van der Waals surface area contributed by atoms with Gasteiger partial charge in [0.25, 0.3) is 0 Å². The van der Waals surface area contributed by atoms with E-state index >= 15 is 0 Å². The standard InChI is InChI=1S/C13H16FN3O3S/c1-10-7-15-17(8-10)5-4-16-21(19,20)13-6-11(9-18)2-3-12(13)14/h2-3,6-8,16,18H,4-5,9H2,1H3. The van der Waals surface area contributed by atoms with Crippen LogP contribution >= 0.6 is 0 Å². The number of hydrogen-bond acceptors (Lipinski definition) is 4. The molecular formula is C13H16FN3O3S. The SMILES string of the molecule is Cc1cnn(CCNS(=O)(=O)c2cc(CO)ccc2F)c1. The molecule has 0 aliphatic carbocycles. The molecule has 0 saturated heterocycles. The molecule has 21 heavy (non-hydrogen) atoms. The summed E-state index contributed by atoms with van der Waals surface area (Å²) >= 11 is 0. The summed E-state index contributed by atoms with van der Waals surface area (Å²) in [5, 5.41) is 13.0. The Morgan fingerprint density at radius 2 is 2.19 bits per heavy atom. The summed E-state index contributed by atoms with van der Waals surface area (Å²) < 4.78 is 41.7. The van der Waals surface area contributed by atoms with Crippen LogP contribution in [0.1, 0.15) is 11.1 Å². The Morgan fingerprint density at radius 1 is 1.43 bits per heavy atom. The van der Waals surface area contributed by atoms with Gasteiger partial charge in [0, 0.05) is 12.7 Å². The van der Waals surface area contributed by atoms with Gasteiger partial charge in [-0.3, -0.25) is 4.68 Å². The van der Waals surface area contributed by atoms with Crippen LogP contribution in [-0.4, -0.2) is 29.8 Å². The number of aryl methyl sites for hydroxylation is 1. The Kier molecular flexibility index (Phi) is 4.71. The van der Waals surface area contributed by atoms with Gasteiger partial charge in [-0.1, -0.05) is 6.07 Å². The summed E-state index contributed by atoms with van der Waals surface area (Å²) in [6, 6.07) is 3.48. The molecule has 2 rings (SSSR count). The molecule has 2 N–H and O–H groups in total. The van der Waals surface area contributed by atoms with Crippen molar-refractivity contribution < 1.29 is 17.9 Å². The molecule has 1 heterocycles. The lowest BCUT2D eigenvalue weighted by Crippen LogP contribution is -2.28. The minimum atomic E-state index is -3.96. The number of aromatic nitrogens is 2. The highest BCUT2D eigenvalue weighted by Gasteiger charge is 2.19. The van der Waals surface area contributed by atoms with Gasteiger partial charge < -0.3 is 5.11 Å². The molecule has 0 amide bonds. The fraction of sp³-hybridized carbons (Fsp3) is 0.308. The van der Waals surface area contributed by atoms with Gasteiger partial charge in [0.15, 0.2) is 0 Å². The number of aliphatic hydroxyl groups is 1. The van der Waals surface area contributed by atoms with Crippen LogP contribution in [0.25, 0.3) is 0 Å². The Hall–Kier alpha value is -1.77. The molecule has 8 heteroatoms. The lowest BCUT2D eigenvalue weighted by Gasteiger charge is -2.09. The Bertz CT molecular complexity index is 728. The van der Waals surface area contributed by atoms with Crippen molar-refractivity contribution in [2.75, 3.05) is 6.54 Å². The van der Waals surface area contributed by atoms with E-state index in [1.165, 1.54) is 6.07 Å². The number of nitrogens with one attached hydrogen (secondary N) is 1. The first-order chi connectivity index (χ1) is 9.92. The summed E-state index contributed by atoms with van der Waals surface area (Å²) in [4.78, 5) is -0.467. The van der Waals surface area contributed by atoms with Crippen LogP contribution in [0.4, 0.5) is 4.39 Å².